The van der Waals surface area contributed by atoms with Gasteiger partial charge >= 0.3 is 0 Å². The monoisotopic (exact) mass is 261 g/mol. The molecule has 0 amide bonds. The van der Waals surface area contributed by atoms with Crippen molar-refractivity contribution in [2.24, 2.45) is 0 Å². The summed E-state index contributed by atoms with van der Waals surface area (Å²) in [5.41, 5.74) is 0.820. The van der Waals surface area contributed by atoms with Crippen molar-refractivity contribution in [2.45, 2.75) is 11.7 Å². The Bertz CT molecular complexity index is 575. The highest BCUT2D eigenvalue weighted by molar-refractivity contribution is 7.98. The first-order valence-electron chi connectivity index (χ1n) is 5.53. The van der Waals surface area contributed by atoms with Gasteiger partial charge in [-0.05, 0) is 6.26 Å². The van der Waals surface area contributed by atoms with Crippen molar-refractivity contribution in [1.29, 1.82) is 0 Å². The normalized spacial score (nSPS) is 10.5. The Morgan fingerprint density at radius 1 is 1.39 bits per heavy atom. The Morgan fingerprint density at radius 2 is 2.22 bits per heavy atom. The van der Waals surface area contributed by atoms with Crippen molar-refractivity contribution < 1.29 is 0 Å². The first-order valence-corrected chi connectivity index (χ1v) is 6.75. The summed E-state index contributed by atoms with van der Waals surface area (Å²) in [6, 6.07) is 0. The molecule has 0 aliphatic carbocycles. The lowest BCUT2D eigenvalue weighted by Crippen LogP contribution is -2.04. The molecule has 2 aromatic heterocycles. The Balaban J connectivity index is 2.54. The molecule has 2 rings (SSSR count). The van der Waals surface area contributed by atoms with E-state index in [0.717, 1.165) is 22.0 Å². The molecular formula is C12H15N5S. The summed E-state index contributed by atoms with van der Waals surface area (Å²) in [6.45, 7) is 8.70. The summed E-state index contributed by atoms with van der Waals surface area (Å²) in [6.07, 6.45) is 7.31. The van der Waals surface area contributed by atoms with Crippen LogP contribution in [0.3, 0.4) is 0 Å². The Hall–Kier alpha value is -1.82. The van der Waals surface area contributed by atoms with Crippen LogP contribution in [0.15, 0.2) is 36.7 Å². The van der Waals surface area contributed by atoms with Crippen molar-refractivity contribution in [1.82, 2.24) is 19.7 Å². The fourth-order valence-corrected chi connectivity index (χ4v) is 1.95. The number of fused-ring (bicyclic) bond motifs is 1. The van der Waals surface area contributed by atoms with Gasteiger partial charge in [0.25, 0.3) is 0 Å². The molecule has 0 aromatic carbocycles. The van der Waals surface area contributed by atoms with E-state index in [4.69, 9.17) is 0 Å². The van der Waals surface area contributed by atoms with Crippen molar-refractivity contribution in [3.8, 4) is 0 Å². The van der Waals surface area contributed by atoms with E-state index < -0.39 is 0 Å². The lowest BCUT2D eigenvalue weighted by molar-refractivity contribution is 0.715. The van der Waals surface area contributed by atoms with Crippen LogP contribution in [-0.4, -0.2) is 32.5 Å². The Labute approximate surface area is 110 Å². The SMILES string of the molecule is C=CCNc1nc(SC)nc2c1cnn2CC=C. The Morgan fingerprint density at radius 3 is 2.89 bits per heavy atom. The summed E-state index contributed by atoms with van der Waals surface area (Å²) in [4.78, 5) is 8.92. The fourth-order valence-electron chi connectivity index (χ4n) is 1.59. The van der Waals surface area contributed by atoms with Gasteiger partial charge in [-0.15, -0.1) is 13.2 Å². The van der Waals surface area contributed by atoms with E-state index >= 15 is 0 Å². The summed E-state index contributed by atoms with van der Waals surface area (Å²) >= 11 is 1.51. The molecule has 94 valence electrons. The van der Waals surface area contributed by atoms with Gasteiger partial charge in [0.1, 0.15) is 5.82 Å². The van der Waals surface area contributed by atoms with Gasteiger partial charge in [-0.25, -0.2) is 14.6 Å². The lowest BCUT2D eigenvalue weighted by atomic mass is 10.4. The highest BCUT2D eigenvalue weighted by Crippen LogP contribution is 2.23. The van der Waals surface area contributed by atoms with Crippen molar-refractivity contribution in [3.63, 3.8) is 0 Å². The van der Waals surface area contributed by atoms with Crippen LogP contribution < -0.4 is 5.32 Å². The maximum Gasteiger partial charge on any atom is 0.191 e. The molecule has 0 saturated carbocycles. The van der Waals surface area contributed by atoms with Crippen LogP contribution in [0.1, 0.15) is 0 Å². The van der Waals surface area contributed by atoms with Crippen LogP contribution in [0, 0.1) is 0 Å². The van der Waals surface area contributed by atoms with Gasteiger partial charge in [-0.3, -0.25) is 0 Å². The average Bonchev–Trinajstić information content (AvgIpc) is 2.79. The van der Waals surface area contributed by atoms with E-state index in [1.165, 1.54) is 11.8 Å². The van der Waals surface area contributed by atoms with Gasteiger partial charge < -0.3 is 5.32 Å². The predicted molar refractivity (Wildman–Crippen MR) is 76.0 cm³/mol. The van der Waals surface area contributed by atoms with Crippen LogP contribution in [0.25, 0.3) is 11.0 Å². The van der Waals surface area contributed by atoms with Crippen LogP contribution in [0.5, 0.6) is 0 Å². The average molecular weight is 261 g/mol. The molecule has 0 saturated heterocycles. The minimum absolute atomic E-state index is 0.634. The number of anilines is 1. The van der Waals surface area contributed by atoms with Gasteiger partial charge in [0.2, 0.25) is 0 Å². The molecule has 5 nitrogen and oxygen atoms in total. The molecule has 0 unspecified atom stereocenters. The summed E-state index contributed by atoms with van der Waals surface area (Å²) in [5, 5.41) is 9.14. The van der Waals surface area contributed by atoms with E-state index in [9.17, 15) is 0 Å². The lowest BCUT2D eigenvalue weighted by Gasteiger charge is -2.06. The molecule has 18 heavy (non-hydrogen) atoms. The van der Waals surface area contributed by atoms with Crippen LogP contribution in [-0.2, 0) is 6.54 Å². The number of allylic oxidation sites excluding steroid dienone is 1. The third-order valence-corrected chi connectivity index (χ3v) is 2.92. The summed E-state index contributed by atoms with van der Waals surface area (Å²) in [7, 11) is 0. The molecular weight excluding hydrogens is 246 g/mol. The van der Waals surface area contributed by atoms with E-state index in [2.05, 4.69) is 33.5 Å². The molecule has 2 aromatic rings. The van der Waals surface area contributed by atoms with Gasteiger partial charge in [0.15, 0.2) is 10.8 Å². The standard InChI is InChI=1S/C12H15N5S/c1-4-6-13-10-9-8-14-17(7-5-2)11(9)16-12(15-10)18-3/h4-5,8H,1-2,6-7H2,3H3,(H,13,15,16). The van der Waals surface area contributed by atoms with Gasteiger partial charge in [-0.2, -0.15) is 5.10 Å². The molecule has 0 aliphatic rings. The third-order valence-electron chi connectivity index (χ3n) is 2.37. The summed E-state index contributed by atoms with van der Waals surface area (Å²) in [5.74, 6) is 0.791. The number of aromatic nitrogens is 4. The maximum atomic E-state index is 4.48. The number of nitrogens with one attached hydrogen (secondary N) is 1. The van der Waals surface area contributed by atoms with Gasteiger partial charge in [0.05, 0.1) is 18.1 Å². The molecule has 0 atom stereocenters. The van der Waals surface area contributed by atoms with E-state index in [-0.39, 0.29) is 0 Å². The zero-order chi connectivity index (χ0) is 13.0. The quantitative estimate of drug-likeness (QED) is 0.491. The molecule has 2 heterocycles. The second-order valence-corrected chi connectivity index (χ2v) is 4.35. The van der Waals surface area contributed by atoms with Crippen molar-refractivity contribution >= 4 is 28.6 Å². The predicted octanol–water partition coefficient (Wildman–Crippen LogP) is 2.33. The molecule has 0 fully saturated rings. The smallest absolute Gasteiger partial charge is 0.191 e. The molecule has 0 radical (unpaired) electrons. The third kappa shape index (κ3) is 2.38. The zero-order valence-electron chi connectivity index (χ0n) is 10.3. The number of hydrogen-bond donors (Lipinski definition) is 1. The largest absolute Gasteiger partial charge is 0.366 e. The number of rotatable bonds is 6. The first kappa shape index (κ1) is 12.6. The number of nitrogens with zero attached hydrogens (tertiary/aromatic N) is 4. The van der Waals surface area contributed by atoms with Crippen LogP contribution >= 0.6 is 11.8 Å². The number of hydrogen-bond acceptors (Lipinski definition) is 5. The maximum absolute atomic E-state index is 4.48. The molecule has 1 N–H and O–H groups in total. The number of thioether (sulfide) groups is 1. The Kier molecular flexibility index (Phi) is 3.99. The molecule has 0 bridgehead atoms. The van der Waals surface area contributed by atoms with Crippen LogP contribution in [0.2, 0.25) is 0 Å². The minimum Gasteiger partial charge on any atom is -0.366 e. The molecule has 0 aliphatic heterocycles. The first-order chi connectivity index (χ1) is 8.80. The van der Waals surface area contributed by atoms with Crippen LogP contribution in [0.4, 0.5) is 5.82 Å². The van der Waals surface area contributed by atoms with E-state index in [0.29, 0.717) is 13.1 Å². The second-order valence-electron chi connectivity index (χ2n) is 3.58. The minimum atomic E-state index is 0.634. The second kappa shape index (κ2) is 5.68. The van der Waals surface area contributed by atoms with Crippen molar-refractivity contribution in [3.05, 3.63) is 31.5 Å². The zero-order valence-corrected chi connectivity index (χ0v) is 11.1. The highest BCUT2D eigenvalue weighted by Gasteiger charge is 2.11. The van der Waals surface area contributed by atoms with Gasteiger partial charge in [-0.1, -0.05) is 23.9 Å². The van der Waals surface area contributed by atoms with E-state index in [1.54, 1.807) is 18.3 Å². The topological polar surface area (TPSA) is 55.6 Å². The van der Waals surface area contributed by atoms with Gasteiger partial charge in [0, 0.05) is 6.54 Å². The molecule has 0 spiro atoms. The van der Waals surface area contributed by atoms with Crippen molar-refractivity contribution in [2.75, 3.05) is 18.1 Å². The summed E-state index contributed by atoms with van der Waals surface area (Å²) < 4.78 is 1.81. The molecule has 6 heteroatoms. The van der Waals surface area contributed by atoms with E-state index in [1.807, 2.05) is 10.9 Å². The fraction of sp³-hybridized carbons (Fsp3) is 0.250. The highest BCUT2D eigenvalue weighted by atomic mass is 32.2.